The van der Waals surface area contributed by atoms with Crippen molar-refractivity contribution in [3.05, 3.63) is 72.3 Å². The fourth-order valence-electron chi connectivity index (χ4n) is 3.21. The van der Waals surface area contributed by atoms with Crippen LogP contribution in [0.5, 0.6) is 5.75 Å². The van der Waals surface area contributed by atoms with Gasteiger partial charge in [0.05, 0.1) is 30.8 Å². The number of hydrogen-bond acceptors (Lipinski definition) is 4. The van der Waals surface area contributed by atoms with Gasteiger partial charge < -0.3 is 24.8 Å². The van der Waals surface area contributed by atoms with Gasteiger partial charge in [-0.05, 0) is 23.8 Å². The van der Waals surface area contributed by atoms with Crippen LogP contribution in [0, 0.1) is 0 Å². The van der Waals surface area contributed by atoms with Crippen molar-refractivity contribution in [1.82, 2.24) is 14.9 Å². The number of aryl methyl sites for hydroxylation is 1. The topological polar surface area (TPSA) is 71.4 Å². The van der Waals surface area contributed by atoms with Crippen molar-refractivity contribution in [2.24, 2.45) is 7.05 Å². The van der Waals surface area contributed by atoms with Crippen molar-refractivity contribution >= 4 is 17.4 Å². The van der Waals surface area contributed by atoms with Gasteiger partial charge in [-0.25, -0.2) is 9.78 Å². The highest BCUT2D eigenvalue weighted by Gasteiger charge is 2.20. The summed E-state index contributed by atoms with van der Waals surface area (Å²) < 4.78 is 7.70. The number of benzene rings is 2. The Morgan fingerprint density at radius 1 is 1.21 bits per heavy atom. The first-order chi connectivity index (χ1) is 13.7. The molecule has 0 radical (unpaired) electrons. The lowest BCUT2D eigenvalue weighted by Gasteiger charge is -2.31. The van der Waals surface area contributed by atoms with Gasteiger partial charge in [-0.1, -0.05) is 30.3 Å². The van der Waals surface area contributed by atoms with E-state index < -0.39 is 0 Å². The van der Waals surface area contributed by atoms with E-state index in [1.165, 1.54) is 0 Å². The maximum Gasteiger partial charge on any atom is 0.319 e. The fourth-order valence-corrected chi connectivity index (χ4v) is 3.21. The molecule has 1 aromatic heterocycles. The van der Waals surface area contributed by atoms with Crippen molar-refractivity contribution in [1.29, 1.82) is 0 Å². The Balaban J connectivity index is 1.43. The van der Waals surface area contributed by atoms with Crippen molar-refractivity contribution in [2.75, 3.05) is 23.4 Å². The summed E-state index contributed by atoms with van der Waals surface area (Å²) in [5, 5.41) is 5.77. The molecule has 2 N–H and O–H groups in total. The number of rotatable bonds is 5. The fraction of sp³-hybridized carbons (Fsp3) is 0.238. The van der Waals surface area contributed by atoms with Crippen LogP contribution in [0.15, 0.2) is 61.1 Å². The quantitative estimate of drug-likeness (QED) is 0.717. The predicted octanol–water partition coefficient (Wildman–Crippen LogP) is 3.14. The molecule has 28 heavy (non-hydrogen) atoms. The number of hydrogen-bond donors (Lipinski definition) is 2. The lowest BCUT2D eigenvalue weighted by molar-refractivity contribution is 0.251. The van der Waals surface area contributed by atoms with Gasteiger partial charge in [0.2, 0.25) is 0 Å². The number of imidazole rings is 1. The van der Waals surface area contributed by atoms with Gasteiger partial charge in [0.1, 0.15) is 12.4 Å². The van der Waals surface area contributed by atoms with Gasteiger partial charge in [0.15, 0.2) is 0 Å². The van der Waals surface area contributed by atoms with E-state index in [0.717, 1.165) is 34.9 Å². The monoisotopic (exact) mass is 377 g/mol. The SMILES string of the molecule is Cn1cnc(CN2CCOc3ccc(NC(=O)NCc4ccccc4)cc32)c1. The second-order valence-corrected chi connectivity index (χ2v) is 6.78. The number of fused-ring (bicyclic) bond motifs is 1. The van der Waals surface area contributed by atoms with Gasteiger partial charge in [-0.15, -0.1) is 0 Å². The van der Waals surface area contributed by atoms with Gasteiger partial charge >= 0.3 is 6.03 Å². The third-order valence-corrected chi connectivity index (χ3v) is 4.58. The minimum absolute atomic E-state index is 0.239. The van der Waals surface area contributed by atoms with Gasteiger partial charge in [-0.2, -0.15) is 0 Å². The number of carbonyl (C=O) groups excluding carboxylic acids is 1. The molecule has 0 atom stereocenters. The number of amides is 2. The Labute approximate surface area is 164 Å². The highest BCUT2D eigenvalue weighted by atomic mass is 16.5. The number of ether oxygens (including phenoxy) is 1. The van der Waals surface area contributed by atoms with E-state index in [4.69, 9.17) is 4.74 Å². The summed E-state index contributed by atoms with van der Waals surface area (Å²) in [4.78, 5) is 18.9. The average Bonchev–Trinajstić information content (AvgIpc) is 3.12. The van der Waals surface area contributed by atoms with Gasteiger partial charge in [0, 0.05) is 25.5 Å². The molecule has 0 aliphatic carbocycles. The highest BCUT2D eigenvalue weighted by molar-refractivity contribution is 5.90. The second kappa shape index (κ2) is 8.04. The molecule has 1 aliphatic rings. The van der Waals surface area contributed by atoms with Crippen molar-refractivity contribution in [3.63, 3.8) is 0 Å². The molecule has 4 rings (SSSR count). The van der Waals surface area contributed by atoms with Crippen molar-refractivity contribution in [3.8, 4) is 5.75 Å². The molecule has 3 aromatic rings. The summed E-state index contributed by atoms with van der Waals surface area (Å²) in [5.41, 5.74) is 3.73. The zero-order valence-corrected chi connectivity index (χ0v) is 15.8. The van der Waals surface area contributed by atoms with Crippen LogP contribution in [0.4, 0.5) is 16.2 Å². The molecule has 0 bridgehead atoms. The molecular weight excluding hydrogens is 354 g/mol. The normalized spacial score (nSPS) is 12.8. The molecule has 2 aromatic carbocycles. The number of carbonyl (C=O) groups is 1. The largest absolute Gasteiger partial charge is 0.490 e. The maximum absolute atomic E-state index is 12.2. The summed E-state index contributed by atoms with van der Waals surface area (Å²) in [6.45, 7) is 2.57. The van der Waals surface area contributed by atoms with Crippen LogP contribution in [-0.2, 0) is 20.1 Å². The summed E-state index contributed by atoms with van der Waals surface area (Å²) in [7, 11) is 1.96. The van der Waals surface area contributed by atoms with E-state index >= 15 is 0 Å². The molecule has 0 unspecified atom stereocenters. The third-order valence-electron chi connectivity index (χ3n) is 4.58. The Hall–Kier alpha value is -3.48. The molecule has 7 nitrogen and oxygen atoms in total. The first-order valence-corrected chi connectivity index (χ1v) is 9.25. The number of nitrogens with one attached hydrogen (secondary N) is 2. The summed E-state index contributed by atoms with van der Waals surface area (Å²) >= 11 is 0. The minimum atomic E-state index is -0.239. The smallest absolute Gasteiger partial charge is 0.319 e. The molecule has 0 fully saturated rings. The Kier molecular flexibility index (Phi) is 5.14. The van der Waals surface area contributed by atoms with Crippen LogP contribution in [-0.4, -0.2) is 28.7 Å². The number of urea groups is 1. The molecule has 1 aliphatic heterocycles. The Bertz CT molecular complexity index is 954. The zero-order chi connectivity index (χ0) is 19.3. The van der Waals surface area contributed by atoms with E-state index in [-0.39, 0.29) is 6.03 Å². The van der Waals surface area contributed by atoms with Gasteiger partial charge in [0.25, 0.3) is 0 Å². The van der Waals surface area contributed by atoms with Crippen LogP contribution in [0.1, 0.15) is 11.3 Å². The van der Waals surface area contributed by atoms with Crippen LogP contribution in [0.25, 0.3) is 0 Å². The van der Waals surface area contributed by atoms with E-state index in [0.29, 0.717) is 19.7 Å². The Morgan fingerprint density at radius 3 is 2.86 bits per heavy atom. The van der Waals surface area contributed by atoms with Crippen LogP contribution in [0.3, 0.4) is 0 Å². The van der Waals surface area contributed by atoms with Crippen molar-refractivity contribution in [2.45, 2.75) is 13.1 Å². The molecule has 2 heterocycles. The van der Waals surface area contributed by atoms with E-state index in [1.807, 2.05) is 66.3 Å². The van der Waals surface area contributed by atoms with Crippen LogP contribution in [0.2, 0.25) is 0 Å². The second-order valence-electron chi connectivity index (χ2n) is 6.78. The molecule has 144 valence electrons. The number of nitrogens with zero attached hydrogens (tertiary/aromatic N) is 3. The molecule has 0 saturated heterocycles. The van der Waals surface area contributed by atoms with Crippen molar-refractivity contribution < 1.29 is 9.53 Å². The van der Waals surface area contributed by atoms with Gasteiger partial charge in [-0.3, -0.25) is 0 Å². The van der Waals surface area contributed by atoms with E-state index in [9.17, 15) is 4.79 Å². The molecule has 2 amide bonds. The lowest BCUT2D eigenvalue weighted by atomic mass is 10.2. The first-order valence-electron chi connectivity index (χ1n) is 9.25. The predicted molar refractivity (Wildman–Crippen MR) is 108 cm³/mol. The number of anilines is 2. The highest BCUT2D eigenvalue weighted by Crippen LogP contribution is 2.34. The minimum Gasteiger partial charge on any atom is -0.490 e. The zero-order valence-electron chi connectivity index (χ0n) is 15.8. The first kappa shape index (κ1) is 17.9. The standard InChI is InChI=1S/C21H23N5O2/c1-25-13-18(23-15-25)14-26-9-10-28-20-8-7-17(11-19(20)26)24-21(27)22-12-16-5-3-2-4-6-16/h2-8,11,13,15H,9-10,12,14H2,1H3,(H2,22,24,27). The average molecular weight is 377 g/mol. The molecule has 0 spiro atoms. The lowest BCUT2D eigenvalue weighted by Crippen LogP contribution is -2.32. The third kappa shape index (κ3) is 4.25. The number of aromatic nitrogens is 2. The molecule has 0 saturated carbocycles. The summed E-state index contributed by atoms with van der Waals surface area (Å²) in [5.74, 6) is 0.817. The van der Waals surface area contributed by atoms with E-state index in [1.54, 1.807) is 6.33 Å². The summed E-state index contributed by atoms with van der Waals surface area (Å²) in [6.07, 6.45) is 3.81. The maximum atomic E-state index is 12.2. The molecule has 7 heteroatoms. The van der Waals surface area contributed by atoms with E-state index in [2.05, 4.69) is 20.5 Å². The summed E-state index contributed by atoms with van der Waals surface area (Å²) in [6, 6.07) is 15.3. The Morgan fingerprint density at radius 2 is 2.07 bits per heavy atom. The van der Waals surface area contributed by atoms with Crippen LogP contribution >= 0.6 is 0 Å². The van der Waals surface area contributed by atoms with Crippen LogP contribution < -0.4 is 20.3 Å². The molecular formula is C21H23N5O2.